The number of nitrogens with one attached hydrogen (secondary N) is 2. The number of carbonyl (C=O) groups is 2. The van der Waals surface area contributed by atoms with Gasteiger partial charge in [-0.25, -0.2) is 0 Å². The Morgan fingerprint density at radius 3 is 2.93 bits per heavy atom. The normalized spacial score (nSPS) is 13.7. The number of benzene rings is 1. The van der Waals surface area contributed by atoms with Crippen molar-refractivity contribution < 1.29 is 14.7 Å². The zero-order valence-electron chi connectivity index (χ0n) is 7.91. The Bertz CT molecular complexity index is 429. The summed E-state index contributed by atoms with van der Waals surface area (Å²) in [5.74, 6) is -1.000. The highest BCUT2D eigenvalue weighted by atomic mass is 16.4. The van der Waals surface area contributed by atoms with Gasteiger partial charge in [0.05, 0.1) is 24.3 Å². The lowest BCUT2D eigenvalue weighted by Crippen LogP contribution is -2.27. The largest absolute Gasteiger partial charge is 0.481 e. The highest BCUT2D eigenvalue weighted by Gasteiger charge is 2.14. The fourth-order valence-corrected chi connectivity index (χ4v) is 1.50. The van der Waals surface area contributed by atoms with E-state index in [2.05, 4.69) is 10.6 Å². The van der Waals surface area contributed by atoms with Crippen LogP contribution in [0.1, 0.15) is 5.56 Å². The van der Waals surface area contributed by atoms with Gasteiger partial charge in [0.1, 0.15) is 0 Å². The van der Waals surface area contributed by atoms with Crippen molar-refractivity contribution in [2.45, 2.75) is 6.42 Å². The Morgan fingerprint density at radius 1 is 1.40 bits per heavy atom. The fourth-order valence-electron chi connectivity index (χ4n) is 1.50. The molecule has 5 nitrogen and oxygen atoms in total. The van der Waals surface area contributed by atoms with E-state index in [9.17, 15) is 9.59 Å². The summed E-state index contributed by atoms with van der Waals surface area (Å²) in [6.07, 6.45) is -0.0385. The molecule has 0 saturated heterocycles. The van der Waals surface area contributed by atoms with Gasteiger partial charge in [0.2, 0.25) is 5.91 Å². The SMILES string of the molecule is O=C(O)Cc1ccc2c(c1)NC(=O)CN2. The van der Waals surface area contributed by atoms with E-state index in [0.29, 0.717) is 11.3 Å². The summed E-state index contributed by atoms with van der Waals surface area (Å²) in [5, 5.41) is 14.2. The third kappa shape index (κ3) is 2.07. The summed E-state index contributed by atoms with van der Waals surface area (Å²) in [4.78, 5) is 21.6. The standard InChI is InChI=1S/C10H10N2O3/c13-9-5-11-7-2-1-6(4-10(14)15)3-8(7)12-9/h1-3,11H,4-5H2,(H,12,13)(H,14,15). The third-order valence-corrected chi connectivity index (χ3v) is 2.15. The van der Waals surface area contributed by atoms with Crippen LogP contribution in [0.2, 0.25) is 0 Å². The molecule has 1 aromatic rings. The summed E-state index contributed by atoms with van der Waals surface area (Å²) in [7, 11) is 0. The number of carboxylic acids is 1. The number of carbonyl (C=O) groups excluding carboxylic acids is 1. The average molecular weight is 206 g/mol. The third-order valence-electron chi connectivity index (χ3n) is 2.15. The predicted molar refractivity (Wildman–Crippen MR) is 54.9 cm³/mol. The van der Waals surface area contributed by atoms with Gasteiger partial charge in [-0.05, 0) is 17.7 Å². The Kier molecular flexibility index (Phi) is 2.29. The number of amides is 1. The minimum atomic E-state index is -0.884. The van der Waals surface area contributed by atoms with E-state index < -0.39 is 5.97 Å². The van der Waals surface area contributed by atoms with Crippen molar-refractivity contribution in [3.8, 4) is 0 Å². The van der Waals surface area contributed by atoms with Crippen LogP contribution in [0.4, 0.5) is 11.4 Å². The summed E-state index contributed by atoms with van der Waals surface area (Å²) >= 11 is 0. The quantitative estimate of drug-likeness (QED) is 0.664. The molecule has 1 heterocycles. The van der Waals surface area contributed by atoms with Crippen LogP contribution in [0, 0.1) is 0 Å². The molecule has 3 N–H and O–H groups in total. The number of fused-ring (bicyclic) bond motifs is 1. The number of aliphatic carboxylic acids is 1. The lowest BCUT2D eigenvalue weighted by molar-refractivity contribution is -0.136. The van der Waals surface area contributed by atoms with Gasteiger partial charge in [-0.3, -0.25) is 9.59 Å². The van der Waals surface area contributed by atoms with E-state index in [1.165, 1.54) is 0 Å². The second-order valence-electron chi connectivity index (χ2n) is 3.35. The summed E-state index contributed by atoms with van der Waals surface area (Å²) < 4.78 is 0. The minimum absolute atomic E-state index is 0.0385. The molecule has 2 rings (SSSR count). The topological polar surface area (TPSA) is 78.4 Å². The molecule has 0 fully saturated rings. The van der Waals surface area contributed by atoms with E-state index in [1.807, 2.05) is 0 Å². The minimum Gasteiger partial charge on any atom is -0.481 e. The maximum absolute atomic E-state index is 11.1. The molecule has 15 heavy (non-hydrogen) atoms. The van der Waals surface area contributed by atoms with Crippen molar-refractivity contribution in [2.75, 3.05) is 17.2 Å². The molecule has 0 radical (unpaired) electrons. The Labute approximate surface area is 86.1 Å². The molecular formula is C10H10N2O3. The molecule has 78 valence electrons. The molecule has 0 saturated carbocycles. The van der Waals surface area contributed by atoms with Crippen LogP contribution >= 0.6 is 0 Å². The van der Waals surface area contributed by atoms with Crippen LogP contribution in [0.3, 0.4) is 0 Å². The lowest BCUT2D eigenvalue weighted by atomic mass is 10.1. The van der Waals surface area contributed by atoms with Crippen molar-refractivity contribution in [1.82, 2.24) is 0 Å². The van der Waals surface area contributed by atoms with Crippen LogP contribution in [-0.4, -0.2) is 23.5 Å². The molecule has 0 atom stereocenters. The van der Waals surface area contributed by atoms with Crippen molar-refractivity contribution >= 4 is 23.3 Å². The predicted octanol–water partition coefficient (Wildman–Crippen LogP) is 0.678. The van der Waals surface area contributed by atoms with E-state index in [1.54, 1.807) is 18.2 Å². The van der Waals surface area contributed by atoms with E-state index in [4.69, 9.17) is 5.11 Å². The number of rotatable bonds is 2. The fraction of sp³-hybridized carbons (Fsp3) is 0.200. The smallest absolute Gasteiger partial charge is 0.307 e. The van der Waals surface area contributed by atoms with Gasteiger partial charge < -0.3 is 15.7 Å². The van der Waals surface area contributed by atoms with Crippen molar-refractivity contribution in [2.24, 2.45) is 0 Å². The first-order chi connectivity index (χ1) is 7.15. The first kappa shape index (κ1) is 9.51. The Hall–Kier alpha value is -2.04. The second kappa shape index (κ2) is 3.61. The Balaban J connectivity index is 2.28. The highest BCUT2D eigenvalue weighted by molar-refractivity contribution is 6.00. The summed E-state index contributed by atoms with van der Waals surface area (Å²) in [6, 6.07) is 5.18. The van der Waals surface area contributed by atoms with Crippen molar-refractivity contribution in [1.29, 1.82) is 0 Å². The number of anilines is 2. The van der Waals surface area contributed by atoms with Gasteiger partial charge in [0.15, 0.2) is 0 Å². The van der Waals surface area contributed by atoms with Gasteiger partial charge in [-0.2, -0.15) is 0 Å². The summed E-state index contributed by atoms with van der Waals surface area (Å²) in [5.41, 5.74) is 2.14. The van der Waals surface area contributed by atoms with Gasteiger partial charge >= 0.3 is 5.97 Å². The molecular weight excluding hydrogens is 196 g/mol. The van der Waals surface area contributed by atoms with Gasteiger partial charge in [0, 0.05) is 0 Å². The average Bonchev–Trinajstić information content (AvgIpc) is 2.16. The molecule has 1 amide bonds. The monoisotopic (exact) mass is 206 g/mol. The first-order valence-electron chi connectivity index (χ1n) is 4.53. The van der Waals surface area contributed by atoms with E-state index in [-0.39, 0.29) is 18.9 Å². The zero-order chi connectivity index (χ0) is 10.8. The van der Waals surface area contributed by atoms with Gasteiger partial charge in [-0.1, -0.05) is 6.07 Å². The van der Waals surface area contributed by atoms with E-state index in [0.717, 1.165) is 5.69 Å². The maximum Gasteiger partial charge on any atom is 0.307 e. The molecule has 0 bridgehead atoms. The Morgan fingerprint density at radius 2 is 2.20 bits per heavy atom. The highest BCUT2D eigenvalue weighted by Crippen LogP contribution is 2.25. The molecule has 1 aliphatic heterocycles. The molecule has 0 unspecified atom stereocenters. The number of hydrogen-bond acceptors (Lipinski definition) is 3. The van der Waals surface area contributed by atoms with Crippen LogP contribution < -0.4 is 10.6 Å². The molecule has 5 heteroatoms. The molecule has 1 aliphatic rings. The van der Waals surface area contributed by atoms with Crippen molar-refractivity contribution in [3.05, 3.63) is 23.8 Å². The molecule has 0 aromatic heterocycles. The van der Waals surface area contributed by atoms with Crippen LogP contribution in [-0.2, 0) is 16.0 Å². The number of hydrogen-bond donors (Lipinski definition) is 3. The van der Waals surface area contributed by atoms with Crippen LogP contribution in [0.5, 0.6) is 0 Å². The lowest BCUT2D eigenvalue weighted by Gasteiger charge is -2.19. The summed E-state index contributed by atoms with van der Waals surface area (Å²) in [6.45, 7) is 0.255. The molecule has 0 spiro atoms. The van der Waals surface area contributed by atoms with E-state index >= 15 is 0 Å². The zero-order valence-corrected chi connectivity index (χ0v) is 7.91. The first-order valence-corrected chi connectivity index (χ1v) is 4.53. The molecule has 0 aliphatic carbocycles. The molecule has 1 aromatic carbocycles. The van der Waals surface area contributed by atoms with Crippen LogP contribution in [0.15, 0.2) is 18.2 Å². The second-order valence-corrected chi connectivity index (χ2v) is 3.35. The van der Waals surface area contributed by atoms with Gasteiger partial charge in [-0.15, -0.1) is 0 Å². The number of carboxylic acid groups (broad SMARTS) is 1. The van der Waals surface area contributed by atoms with Crippen molar-refractivity contribution in [3.63, 3.8) is 0 Å². The van der Waals surface area contributed by atoms with Gasteiger partial charge in [0.25, 0.3) is 0 Å². The maximum atomic E-state index is 11.1. The van der Waals surface area contributed by atoms with Crippen LogP contribution in [0.25, 0.3) is 0 Å².